The minimum Gasteiger partial charge on any atom is -0.350 e. The first-order valence-corrected chi connectivity index (χ1v) is 7.69. The maximum atomic E-state index is 11.8. The van der Waals surface area contributed by atoms with Gasteiger partial charge in [0, 0.05) is 22.6 Å². The van der Waals surface area contributed by atoms with Gasteiger partial charge < -0.3 is 5.32 Å². The lowest BCUT2D eigenvalue weighted by molar-refractivity contribution is 0.0958. The molecule has 2 rings (SSSR count). The van der Waals surface area contributed by atoms with Crippen molar-refractivity contribution in [2.75, 3.05) is 12.3 Å². The normalized spacial score (nSPS) is 16.6. The Morgan fingerprint density at radius 1 is 1.69 bits per heavy atom. The molecule has 88 valence electrons. The number of hydrogen-bond acceptors (Lipinski definition) is 3. The molecule has 5 heteroatoms. The Kier molecular flexibility index (Phi) is 4.16. The van der Waals surface area contributed by atoms with E-state index in [-0.39, 0.29) is 11.3 Å². The molecule has 2 heterocycles. The average Bonchev–Trinajstić information content (AvgIpc) is 2.69. The van der Waals surface area contributed by atoms with Crippen LogP contribution in [0.1, 0.15) is 27.0 Å². The average molecular weight is 276 g/mol. The zero-order valence-corrected chi connectivity index (χ0v) is 11.5. The molecule has 1 unspecified atom stereocenters. The number of hydrogen-bond donors (Lipinski definition) is 1. The number of carbonyl (C=O) groups is 1. The van der Waals surface area contributed by atoms with Crippen molar-refractivity contribution in [3.63, 3.8) is 0 Å². The fourth-order valence-corrected chi connectivity index (χ4v) is 3.95. The number of alkyl halides is 1. The van der Waals surface area contributed by atoms with Crippen LogP contribution in [0.15, 0.2) is 6.07 Å². The Labute approximate surface area is 109 Å². The Morgan fingerprint density at radius 2 is 2.50 bits per heavy atom. The standard InChI is InChI=1S/C11H14ClNOS2/c1-7(12)5-13-11(14)10-4-8-6-15-3-2-9(8)16-10/h4,7H,2-3,5-6H2,1H3,(H,13,14). The second kappa shape index (κ2) is 5.43. The van der Waals surface area contributed by atoms with E-state index in [9.17, 15) is 4.79 Å². The summed E-state index contributed by atoms with van der Waals surface area (Å²) in [5.74, 6) is 2.23. The first kappa shape index (κ1) is 12.3. The molecule has 0 spiro atoms. The molecule has 1 aliphatic heterocycles. The highest BCUT2D eigenvalue weighted by atomic mass is 35.5. The molecule has 0 fully saturated rings. The van der Waals surface area contributed by atoms with Crippen LogP contribution in [0.2, 0.25) is 0 Å². The van der Waals surface area contributed by atoms with Gasteiger partial charge in [-0.2, -0.15) is 11.8 Å². The molecule has 1 N–H and O–H groups in total. The van der Waals surface area contributed by atoms with Crippen LogP contribution in [0.4, 0.5) is 0 Å². The fourth-order valence-electron chi connectivity index (χ4n) is 1.58. The molecule has 16 heavy (non-hydrogen) atoms. The van der Waals surface area contributed by atoms with Crippen LogP contribution in [0.25, 0.3) is 0 Å². The summed E-state index contributed by atoms with van der Waals surface area (Å²) in [6.07, 6.45) is 1.10. The van der Waals surface area contributed by atoms with E-state index in [1.807, 2.05) is 24.8 Å². The highest BCUT2D eigenvalue weighted by Gasteiger charge is 2.17. The van der Waals surface area contributed by atoms with Gasteiger partial charge in [-0.3, -0.25) is 4.79 Å². The summed E-state index contributed by atoms with van der Waals surface area (Å²) in [6.45, 7) is 2.40. The Bertz CT molecular complexity index is 366. The van der Waals surface area contributed by atoms with Crippen molar-refractivity contribution in [3.8, 4) is 0 Å². The van der Waals surface area contributed by atoms with Gasteiger partial charge >= 0.3 is 0 Å². The molecule has 0 bridgehead atoms. The van der Waals surface area contributed by atoms with E-state index in [2.05, 4.69) is 5.32 Å². The summed E-state index contributed by atoms with van der Waals surface area (Å²) in [7, 11) is 0. The number of carbonyl (C=O) groups excluding carboxylic acids is 1. The zero-order chi connectivity index (χ0) is 11.5. The minimum absolute atomic E-state index is 0.0110. The predicted octanol–water partition coefficient (Wildman–Crippen LogP) is 2.89. The predicted molar refractivity (Wildman–Crippen MR) is 71.8 cm³/mol. The Balaban J connectivity index is 2.03. The first-order valence-electron chi connectivity index (χ1n) is 5.28. The molecule has 0 saturated heterocycles. The molecule has 0 radical (unpaired) electrons. The van der Waals surface area contributed by atoms with Crippen LogP contribution in [0, 0.1) is 0 Å². The SMILES string of the molecule is CC(Cl)CNC(=O)c1cc2c(s1)CCSC2. The maximum absolute atomic E-state index is 11.8. The number of aryl methyl sites for hydroxylation is 1. The molecule has 1 aliphatic rings. The van der Waals surface area contributed by atoms with E-state index in [0.717, 1.165) is 17.1 Å². The van der Waals surface area contributed by atoms with Gasteiger partial charge in [0.05, 0.1) is 4.88 Å². The topological polar surface area (TPSA) is 29.1 Å². The molecular formula is C11H14ClNOS2. The molecule has 1 atom stereocenters. The summed E-state index contributed by atoms with van der Waals surface area (Å²) in [5.41, 5.74) is 1.34. The molecular weight excluding hydrogens is 262 g/mol. The summed E-state index contributed by atoms with van der Waals surface area (Å²) in [5, 5.41) is 2.82. The van der Waals surface area contributed by atoms with Crippen LogP contribution in [0.3, 0.4) is 0 Å². The quantitative estimate of drug-likeness (QED) is 0.860. The lowest BCUT2D eigenvalue weighted by atomic mass is 10.2. The van der Waals surface area contributed by atoms with E-state index in [0.29, 0.717) is 6.54 Å². The summed E-state index contributed by atoms with van der Waals surface area (Å²) in [6, 6.07) is 2.03. The van der Waals surface area contributed by atoms with Gasteiger partial charge in [0.2, 0.25) is 0 Å². The summed E-state index contributed by atoms with van der Waals surface area (Å²) < 4.78 is 0. The monoisotopic (exact) mass is 275 g/mol. The van der Waals surface area contributed by atoms with E-state index < -0.39 is 0 Å². The number of thiophene rings is 1. The third-order valence-corrected chi connectivity index (χ3v) is 4.79. The third-order valence-electron chi connectivity index (χ3n) is 2.40. The zero-order valence-electron chi connectivity index (χ0n) is 9.09. The van der Waals surface area contributed by atoms with Crippen molar-refractivity contribution in [3.05, 3.63) is 21.4 Å². The van der Waals surface area contributed by atoms with E-state index in [4.69, 9.17) is 11.6 Å². The number of fused-ring (bicyclic) bond motifs is 1. The van der Waals surface area contributed by atoms with Crippen LogP contribution in [-0.2, 0) is 12.2 Å². The largest absolute Gasteiger partial charge is 0.350 e. The molecule has 0 aromatic carbocycles. The van der Waals surface area contributed by atoms with Crippen molar-refractivity contribution < 1.29 is 4.79 Å². The fraction of sp³-hybridized carbons (Fsp3) is 0.545. The van der Waals surface area contributed by atoms with Crippen LogP contribution >= 0.6 is 34.7 Å². The van der Waals surface area contributed by atoms with Gasteiger partial charge in [-0.15, -0.1) is 22.9 Å². The number of amides is 1. The molecule has 0 aliphatic carbocycles. The summed E-state index contributed by atoms with van der Waals surface area (Å²) >= 11 is 9.36. The van der Waals surface area contributed by atoms with E-state index in [1.165, 1.54) is 16.2 Å². The second-order valence-corrected chi connectivity index (χ2v) is 6.84. The number of thioether (sulfide) groups is 1. The highest BCUT2D eigenvalue weighted by molar-refractivity contribution is 7.98. The van der Waals surface area contributed by atoms with Crippen molar-refractivity contribution in [1.29, 1.82) is 0 Å². The van der Waals surface area contributed by atoms with Gasteiger partial charge in [0.15, 0.2) is 0 Å². The molecule has 0 saturated carbocycles. The number of nitrogens with one attached hydrogen (secondary N) is 1. The van der Waals surface area contributed by atoms with E-state index in [1.54, 1.807) is 11.3 Å². The smallest absolute Gasteiger partial charge is 0.261 e. The molecule has 1 aromatic heterocycles. The minimum atomic E-state index is -0.0194. The third kappa shape index (κ3) is 2.93. The van der Waals surface area contributed by atoms with Gasteiger partial charge in [0.1, 0.15) is 0 Å². The van der Waals surface area contributed by atoms with Gasteiger partial charge in [0.25, 0.3) is 5.91 Å². The second-order valence-electron chi connectivity index (χ2n) is 3.85. The number of halogens is 1. The van der Waals surface area contributed by atoms with Crippen LogP contribution in [0.5, 0.6) is 0 Å². The summed E-state index contributed by atoms with van der Waals surface area (Å²) in [4.78, 5) is 14.0. The van der Waals surface area contributed by atoms with E-state index >= 15 is 0 Å². The Hall–Kier alpha value is -0.190. The van der Waals surface area contributed by atoms with Gasteiger partial charge in [-0.25, -0.2) is 0 Å². The highest BCUT2D eigenvalue weighted by Crippen LogP contribution is 2.31. The van der Waals surface area contributed by atoms with Crippen LogP contribution < -0.4 is 5.32 Å². The van der Waals surface area contributed by atoms with Crippen molar-refractivity contribution in [1.82, 2.24) is 5.32 Å². The Morgan fingerprint density at radius 3 is 3.19 bits per heavy atom. The first-order chi connectivity index (χ1) is 7.66. The van der Waals surface area contributed by atoms with Gasteiger partial charge in [-0.05, 0) is 30.7 Å². The van der Waals surface area contributed by atoms with Crippen molar-refractivity contribution in [2.45, 2.75) is 24.5 Å². The van der Waals surface area contributed by atoms with Crippen LogP contribution in [-0.4, -0.2) is 23.6 Å². The molecule has 1 aromatic rings. The van der Waals surface area contributed by atoms with Crippen molar-refractivity contribution in [2.24, 2.45) is 0 Å². The van der Waals surface area contributed by atoms with Crippen molar-refractivity contribution >= 4 is 40.6 Å². The lowest BCUT2D eigenvalue weighted by Crippen LogP contribution is -2.27. The lowest BCUT2D eigenvalue weighted by Gasteiger charge is -2.08. The maximum Gasteiger partial charge on any atom is 0.261 e. The van der Waals surface area contributed by atoms with Gasteiger partial charge in [-0.1, -0.05) is 0 Å². The number of rotatable bonds is 3. The molecule has 1 amide bonds. The molecule has 2 nitrogen and oxygen atoms in total.